The average Bonchev–Trinajstić information content (AvgIpc) is 2.49. The molecule has 2 aromatic rings. The van der Waals surface area contributed by atoms with Crippen LogP contribution < -0.4 is 14.8 Å². The first kappa shape index (κ1) is 18.1. The topological polar surface area (TPSA) is 72.5 Å². The third-order valence-electron chi connectivity index (χ3n) is 3.67. The van der Waals surface area contributed by atoms with E-state index < -0.39 is 14.7 Å². The first-order valence-corrected chi connectivity index (χ1v) is 10.7. The van der Waals surface area contributed by atoms with Crippen molar-refractivity contribution in [1.82, 2.24) is 0 Å². The van der Waals surface area contributed by atoms with E-state index in [2.05, 4.69) is 0 Å². The molecule has 0 bridgehead atoms. The summed E-state index contributed by atoms with van der Waals surface area (Å²) in [4.78, 5) is 12.6. The van der Waals surface area contributed by atoms with Crippen LogP contribution in [-0.2, 0) is 11.8 Å². The molecule has 0 amide bonds. The highest BCUT2D eigenvalue weighted by molar-refractivity contribution is 6.49. The molecule has 0 saturated heterocycles. The molecule has 0 saturated carbocycles. The molecule has 0 radical (unpaired) electrons. The zero-order valence-corrected chi connectivity index (χ0v) is 16.2. The standard InChI is InChI=1S/C18H23NO4Si/c1-18(2,3)13-10-11(21-4)9-12-15(13)17(20)22-14(7-8-19)16(12)23-24(5)6/h9-10,24H,7H2,1-6H3. The molecule has 5 nitrogen and oxygen atoms in total. The Hall–Kier alpha value is -2.26. The van der Waals surface area contributed by atoms with Crippen LogP contribution in [0.25, 0.3) is 10.8 Å². The van der Waals surface area contributed by atoms with Gasteiger partial charge in [-0.05, 0) is 36.2 Å². The summed E-state index contributed by atoms with van der Waals surface area (Å²) < 4.78 is 16.9. The molecule has 0 N–H and O–H groups in total. The minimum absolute atomic E-state index is 0.0102. The van der Waals surface area contributed by atoms with Crippen LogP contribution in [-0.4, -0.2) is 16.2 Å². The summed E-state index contributed by atoms with van der Waals surface area (Å²) in [6.07, 6.45) is -0.0102. The summed E-state index contributed by atoms with van der Waals surface area (Å²) in [7, 11) is 0.122. The van der Waals surface area contributed by atoms with Gasteiger partial charge in [0.15, 0.2) is 11.5 Å². The van der Waals surface area contributed by atoms with Crippen molar-refractivity contribution in [1.29, 1.82) is 5.26 Å². The number of methoxy groups -OCH3 is 1. The largest absolute Gasteiger partial charge is 0.544 e. The fourth-order valence-electron chi connectivity index (χ4n) is 2.64. The second-order valence-electron chi connectivity index (χ2n) is 6.99. The van der Waals surface area contributed by atoms with Gasteiger partial charge in [-0.2, -0.15) is 5.26 Å². The molecule has 1 aromatic carbocycles. The van der Waals surface area contributed by atoms with Crippen LogP contribution in [0.5, 0.6) is 11.5 Å². The van der Waals surface area contributed by atoms with Crippen LogP contribution in [0.3, 0.4) is 0 Å². The quantitative estimate of drug-likeness (QED) is 0.793. The fourth-order valence-corrected chi connectivity index (χ4v) is 3.37. The van der Waals surface area contributed by atoms with E-state index in [-0.39, 0.29) is 17.6 Å². The molecule has 1 aromatic heterocycles. The lowest BCUT2D eigenvalue weighted by atomic mass is 9.84. The van der Waals surface area contributed by atoms with Gasteiger partial charge in [0, 0.05) is 5.39 Å². The summed E-state index contributed by atoms with van der Waals surface area (Å²) in [5.41, 5.74) is 0.120. The van der Waals surface area contributed by atoms with E-state index >= 15 is 0 Å². The van der Waals surface area contributed by atoms with E-state index in [1.165, 1.54) is 0 Å². The molecule has 0 spiro atoms. The molecule has 0 aliphatic heterocycles. The van der Waals surface area contributed by atoms with Crippen molar-refractivity contribution in [2.75, 3.05) is 7.11 Å². The van der Waals surface area contributed by atoms with Crippen LogP contribution in [0.4, 0.5) is 0 Å². The third kappa shape index (κ3) is 3.46. The highest BCUT2D eigenvalue weighted by Crippen LogP contribution is 2.38. The van der Waals surface area contributed by atoms with Crippen LogP contribution >= 0.6 is 0 Å². The van der Waals surface area contributed by atoms with Crippen molar-refractivity contribution < 1.29 is 13.6 Å². The lowest BCUT2D eigenvalue weighted by Gasteiger charge is -2.23. The molecule has 0 aliphatic rings. The van der Waals surface area contributed by atoms with Gasteiger partial charge in [0.1, 0.15) is 5.75 Å². The van der Waals surface area contributed by atoms with Crippen LogP contribution in [0, 0.1) is 11.3 Å². The Morgan fingerprint density at radius 1 is 1.29 bits per heavy atom. The van der Waals surface area contributed by atoms with Crippen molar-refractivity contribution in [3.05, 3.63) is 33.9 Å². The number of rotatable bonds is 4. The van der Waals surface area contributed by atoms with Crippen molar-refractivity contribution in [3.8, 4) is 17.6 Å². The Bertz CT molecular complexity index is 856. The molecule has 0 atom stereocenters. The van der Waals surface area contributed by atoms with E-state index in [1.807, 2.05) is 46.0 Å². The Morgan fingerprint density at radius 2 is 1.96 bits per heavy atom. The molecule has 24 heavy (non-hydrogen) atoms. The number of benzene rings is 1. The van der Waals surface area contributed by atoms with Crippen molar-refractivity contribution in [2.24, 2.45) is 0 Å². The zero-order valence-electron chi connectivity index (χ0n) is 15.0. The summed E-state index contributed by atoms with van der Waals surface area (Å²) in [5.74, 6) is 1.43. The Morgan fingerprint density at radius 3 is 2.46 bits per heavy atom. The minimum Gasteiger partial charge on any atom is -0.544 e. The lowest BCUT2D eigenvalue weighted by molar-refractivity contribution is 0.412. The number of nitriles is 1. The van der Waals surface area contributed by atoms with Gasteiger partial charge in [0.2, 0.25) is 9.04 Å². The third-order valence-corrected chi connectivity index (χ3v) is 4.37. The van der Waals surface area contributed by atoms with Gasteiger partial charge in [-0.3, -0.25) is 0 Å². The molecule has 0 fully saturated rings. The number of ether oxygens (including phenoxy) is 1. The number of nitrogens with zero attached hydrogens (tertiary/aromatic N) is 1. The van der Waals surface area contributed by atoms with Gasteiger partial charge >= 0.3 is 5.63 Å². The van der Waals surface area contributed by atoms with E-state index in [1.54, 1.807) is 13.2 Å². The van der Waals surface area contributed by atoms with E-state index in [4.69, 9.17) is 18.8 Å². The monoisotopic (exact) mass is 345 g/mol. The predicted octanol–water partition coefficient (Wildman–Crippen LogP) is 3.53. The van der Waals surface area contributed by atoms with Crippen molar-refractivity contribution in [3.63, 3.8) is 0 Å². The molecule has 0 unspecified atom stereocenters. The molecule has 128 valence electrons. The van der Waals surface area contributed by atoms with Crippen LogP contribution in [0.1, 0.15) is 32.1 Å². The van der Waals surface area contributed by atoms with E-state index in [0.29, 0.717) is 22.3 Å². The van der Waals surface area contributed by atoms with E-state index in [9.17, 15) is 4.79 Å². The van der Waals surface area contributed by atoms with Gasteiger partial charge in [-0.1, -0.05) is 20.8 Å². The van der Waals surface area contributed by atoms with Gasteiger partial charge in [0.25, 0.3) is 0 Å². The Labute approximate surface area is 143 Å². The first-order chi connectivity index (χ1) is 11.2. The highest BCUT2D eigenvalue weighted by atomic mass is 28.3. The summed E-state index contributed by atoms with van der Waals surface area (Å²) in [6.45, 7) is 10.1. The van der Waals surface area contributed by atoms with Crippen LogP contribution in [0.2, 0.25) is 13.1 Å². The maximum atomic E-state index is 12.6. The van der Waals surface area contributed by atoms with E-state index in [0.717, 1.165) is 5.56 Å². The Kier molecular flexibility index (Phi) is 5.04. The number of hydrogen-bond acceptors (Lipinski definition) is 5. The molecule has 6 heteroatoms. The minimum atomic E-state index is -1.47. The second kappa shape index (κ2) is 6.69. The van der Waals surface area contributed by atoms with Gasteiger partial charge in [-0.25, -0.2) is 4.79 Å². The predicted molar refractivity (Wildman–Crippen MR) is 96.6 cm³/mol. The molecule has 1 heterocycles. The molecular weight excluding hydrogens is 322 g/mol. The first-order valence-electron chi connectivity index (χ1n) is 7.90. The SMILES string of the molecule is COc1cc(C(C)(C)C)c2c(=O)oc(CC#N)c(O[SiH](C)C)c2c1. The summed E-state index contributed by atoms with van der Waals surface area (Å²) >= 11 is 0. The maximum absolute atomic E-state index is 12.6. The Balaban J connectivity index is 2.99. The average molecular weight is 345 g/mol. The molecule has 2 rings (SSSR count). The smallest absolute Gasteiger partial charge is 0.344 e. The maximum Gasteiger partial charge on any atom is 0.344 e. The summed E-state index contributed by atoms with van der Waals surface area (Å²) in [6, 6.07) is 5.68. The summed E-state index contributed by atoms with van der Waals surface area (Å²) in [5, 5.41) is 10.2. The second-order valence-corrected chi connectivity index (χ2v) is 9.32. The highest BCUT2D eigenvalue weighted by Gasteiger charge is 2.25. The van der Waals surface area contributed by atoms with Gasteiger partial charge < -0.3 is 13.6 Å². The molecule has 0 aliphatic carbocycles. The zero-order chi connectivity index (χ0) is 18.1. The lowest BCUT2D eigenvalue weighted by Crippen LogP contribution is -2.19. The van der Waals surface area contributed by atoms with Gasteiger partial charge in [-0.15, -0.1) is 0 Å². The molecular formula is C18H23NO4Si. The van der Waals surface area contributed by atoms with Crippen molar-refractivity contribution in [2.45, 2.75) is 45.7 Å². The normalized spacial score (nSPS) is 11.6. The number of fused-ring (bicyclic) bond motifs is 1. The fraction of sp³-hybridized carbons (Fsp3) is 0.444. The van der Waals surface area contributed by atoms with Gasteiger partial charge in [0.05, 0.1) is 25.0 Å². The van der Waals surface area contributed by atoms with Crippen LogP contribution in [0.15, 0.2) is 21.3 Å². The number of hydrogen-bond donors (Lipinski definition) is 0. The van der Waals surface area contributed by atoms with Crippen molar-refractivity contribution >= 4 is 19.8 Å².